The van der Waals surface area contributed by atoms with Crippen molar-refractivity contribution in [3.05, 3.63) is 29.8 Å². The Morgan fingerprint density at radius 3 is 2.62 bits per heavy atom. The lowest BCUT2D eigenvalue weighted by atomic mass is 10.1. The van der Waals surface area contributed by atoms with Crippen LogP contribution in [0.15, 0.2) is 24.3 Å². The summed E-state index contributed by atoms with van der Waals surface area (Å²) in [5.41, 5.74) is 1.36. The molecule has 2 aliphatic rings. The van der Waals surface area contributed by atoms with Crippen LogP contribution in [-0.2, 0) is 0 Å². The zero-order valence-corrected chi connectivity index (χ0v) is 13.9. The Morgan fingerprint density at radius 2 is 2.00 bits per heavy atom. The van der Waals surface area contributed by atoms with Crippen LogP contribution in [0.2, 0.25) is 0 Å². The molecule has 0 aliphatic carbocycles. The minimum absolute atomic E-state index is 0.00634. The predicted molar refractivity (Wildman–Crippen MR) is 91.2 cm³/mol. The Hall–Kier alpha value is -2.12. The standard InChI is InChI=1S/C17H24N4O3/c1-13(22)12-19-7-9-20(10-8-19)16(23)14-3-2-4-15(11-14)21-6-5-18-17(21)24/h2-4,11,13,22H,5-10,12H2,1H3,(H,18,24)/t13-/m0/s1. The number of urea groups is 1. The van der Waals surface area contributed by atoms with Gasteiger partial charge in [-0.25, -0.2) is 4.79 Å². The predicted octanol–water partition coefficient (Wildman–Crippen LogP) is 0.355. The number of hydrogen-bond acceptors (Lipinski definition) is 4. The van der Waals surface area contributed by atoms with Crippen molar-refractivity contribution < 1.29 is 14.7 Å². The van der Waals surface area contributed by atoms with Gasteiger partial charge in [-0.2, -0.15) is 0 Å². The van der Waals surface area contributed by atoms with E-state index in [9.17, 15) is 14.7 Å². The van der Waals surface area contributed by atoms with Crippen molar-refractivity contribution >= 4 is 17.6 Å². The van der Waals surface area contributed by atoms with E-state index < -0.39 is 0 Å². The number of nitrogens with one attached hydrogen (secondary N) is 1. The van der Waals surface area contributed by atoms with Crippen molar-refractivity contribution in [2.75, 3.05) is 50.7 Å². The molecule has 0 saturated carbocycles. The number of anilines is 1. The zero-order chi connectivity index (χ0) is 17.1. The topological polar surface area (TPSA) is 76.1 Å². The Labute approximate surface area is 141 Å². The average molecular weight is 332 g/mol. The molecule has 2 fully saturated rings. The summed E-state index contributed by atoms with van der Waals surface area (Å²) in [5.74, 6) is -0.00634. The number of piperazine rings is 1. The van der Waals surface area contributed by atoms with Crippen molar-refractivity contribution in [2.45, 2.75) is 13.0 Å². The van der Waals surface area contributed by atoms with Gasteiger partial charge in [0.05, 0.1) is 6.10 Å². The summed E-state index contributed by atoms with van der Waals surface area (Å²) in [7, 11) is 0. The van der Waals surface area contributed by atoms with E-state index in [1.807, 2.05) is 17.0 Å². The third-order valence-corrected chi connectivity index (χ3v) is 4.44. The van der Waals surface area contributed by atoms with Gasteiger partial charge in [-0.3, -0.25) is 14.6 Å². The van der Waals surface area contributed by atoms with E-state index in [2.05, 4.69) is 10.2 Å². The maximum Gasteiger partial charge on any atom is 0.321 e. The van der Waals surface area contributed by atoms with E-state index in [-0.39, 0.29) is 18.0 Å². The van der Waals surface area contributed by atoms with Crippen LogP contribution in [0.25, 0.3) is 0 Å². The normalized spacial score (nSPS) is 20.2. The molecule has 0 unspecified atom stereocenters. The molecular weight excluding hydrogens is 308 g/mol. The number of rotatable bonds is 4. The molecule has 7 nitrogen and oxygen atoms in total. The minimum atomic E-state index is -0.351. The molecule has 2 heterocycles. The Kier molecular flexibility index (Phi) is 5.01. The molecule has 7 heteroatoms. The number of amides is 3. The third kappa shape index (κ3) is 3.68. The first kappa shape index (κ1) is 16.7. The highest BCUT2D eigenvalue weighted by Crippen LogP contribution is 2.19. The van der Waals surface area contributed by atoms with Crippen LogP contribution < -0.4 is 10.2 Å². The summed E-state index contributed by atoms with van der Waals surface area (Å²) in [5, 5.41) is 12.2. The van der Waals surface area contributed by atoms with Gasteiger partial charge < -0.3 is 15.3 Å². The number of carbonyl (C=O) groups excluding carboxylic acids is 2. The molecule has 130 valence electrons. The number of benzene rings is 1. The van der Waals surface area contributed by atoms with E-state index in [1.165, 1.54) is 0 Å². The van der Waals surface area contributed by atoms with Gasteiger partial charge in [-0.1, -0.05) is 6.07 Å². The molecule has 24 heavy (non-hydrogen) atoms. The molecule has 1 atom stereocenters. The lowest BCUT2D eigenvalue weighted by Gasteiger charge is -2.35. The van der Waals surface area contributed by atoms with Gasteiger partial charge in [0, 0.05) is 57.1 Å². The molecule has 0 aromatic heterocycles. The zero-order valence-electron chi connectivity index (χ0n) is 13.9. The highest BCUT2D eigenvalue weighted by Gasteiger charge is 2.25. The van der Waals surface area contributed by atoms with Gasteiger partial charge in [0.2, 0.25) is 0 Å². The van der Waals surface area contributed by atoms with Gasteiger partial charge in [0.1, 0.15) is 0 Å². The van der Waals surface area contributed by atoms with Crippen LogP contribution >= 0.6 is 0 Å². The van der Waals surface area contributed by atoms with Gasteiger partial charge >= 0.3 is 6.03 Å². The Morgan fingerprint density at radius 1 is 1.25 bits per heavy atom. The first-order valence-electron chi connectivity index (χ1n) is 8.40. The maximum atomic E-state index is 12.7. The van der Waals surface area contributed by atoms with Crippen LogP contribution in [0.3, 0.4) is 0 Å². The number of aliphatic hydroxyl groups excluding tert-OH is 1. The fourth-order valence-electron chi connectivity index (χ4n) is 3.21. The molecule has 2 aliphatic heterocycles. The number of carbonyl (C=O) groups is 2. The van der Waals surface area contributed by atoms with Crippen LogP contribution in [0.5, 0.6) is 0 Å². The molecule has 3 amide bonds. The summed E-state index contributed by atoms with van der Waals surface area (Å²) >= 11 is 0. The minimum Gasteiger partial charge on any atom is -0.392 e. The van der Waals surface area contributed by atoms with Crippen molar-refractivity contribution in [3.8, 4) is 0 Å². The highest BCUT2D eigenvalue weighted by molar-refractivity contribution is 5.98. The van der Waals surface area contributed by atoms with Crippen LogP contribution in [0.4, 0.5) is 10.5 Å². The van der Waals surface area contributed by atoms with Crippen molar-refractivity contribution in [1.82, 2.24) is 15.1 Å². The van der Waals surface area contributed by atoms with E-state index in [0.29, 0.717) is 38.3 Å². The van der Waals surface area contributed by atoms with Gasteiger partial charge in [-0.15, -0.1) is 0 Å². The molecular formula is C17H24N4O3. The highest BCUT2D eigenvalue weighted by atomic mass is 16.3. The fourth-order valence-corrected chi connectivity index (χ4v) is 3.21. The second-order valence-electron chi connectivity index (χ2n) is 6.38. The van der Waals surface area contributed by atoms with Gasteiger partial charge in [-0.05, 0) is 25.1 Å². The van der Waals surface area contributed by atoms with Gasteiger partial charge in [0.15, 0.2) is 0 Å². The monoisotopic (exact) mass is 332 g/mol. The summed E-state index contributed by atoms with van der Waals surface area (Å²) in [6, 6.07) is 7.13. The average Bonchev–Trinajstić information content (AvgIpc) is 3.00. The maximum absolute atomic E-state index is 12.7. The number of nitrogens with zero attached hydrogens (tertiary/aromatic N) is 3. The second kappa shape index (κ2) is 7.19. The molecule has 0 bridgehead atoms. The van der Waals surface area contributed by atoms with Crippen molar-refractivity contribution in [3.63, 3.8) is 0 Å². The molecule has 2 N–H and O–H groups in total. The fraction of sp³-hybridized carbons (Fsp3) is 0.529. The lowest BCUT2D eigenvalue weighted by Crippen LogP contribution is -2.50. The van der Waals surface area contributed by atoms with E-state index >= 15 is 0 Å². The van der Waals surface area contributed by atoms with E-state index in [0.717, 1.165) is 18.8 Å². The number of β-amino-alcohol motifs (C(OH)–C–C–N with tert-alkyl or cyclic N) is 1. The Balaban J connectivity index is 1.64. The summed E-state index contributed by atoms with van der Waals surface area (Å²) < 4.78 is 0. The first-order chi connectivity index (χ1) is 11.5. The smallest absolute Gasteiger partial charge is 0.321 e. The number of aliphatic hydroxyl groups is 1. The van der Waals surface area contributed by atoms with Gasteiger partial charge in [0.25, 0.3) is 5.91 Å². The summed E-state index contributed by atoms with van der Waals surface area (Å²) in [6.07, 6.45) is -0.351. The molecule has 0 spiro atoms. The quantitative estimate of drug-likeness (QED) is 0.834. The van der Waals surface area contributed by atoms with E-state index in [1.54, 1.807) is 24.0 Å². The second-order valence-corrected chi connectivity index (χ2v) is 6.38. The van der Waals surface area contributed by atoms with Crippen LogP contribution in [-0.4, -0.2) is 78.8 Å². The lowest BCUT2D eigenvalue weighted by molar-refractivity contribution is 0.0554. The third-order valence-electron chi connectivity index (χ3n) is 4.44. The van der Waals surface area contributed by atoms with Crippen molar-refractivity contribution in [2.24, 2.45) is 0 Å². The largest absolute Gasteiger partial charge is 0.392 e. The SMILES string of the molecule is C[C@H](O)CN1CCN(C(=O)c2cccc(N3CCNC3=O)c2)CC1. The Bertz CT molecular complexity index is 612. The van der Waals surface area contributed by atoms with Crippen LogP contribution in [0.1, 0.15) is 17.3 Å². The molecule has 0 radical (unpaired) electrons. The summed E-state index contributed by atoms with van der Waals surface area (Å²) in [4.78, 5) is 30.1. The molecule has 2 saturated heterocycles. The molecule has 1 aromatic carbocycles. The van der Waals surface area contributed by atoms with E-state index in [4.69, 9.17) is 0 Å². The van der Waals surface area contributed by atoms with Crippen molar-refractivity contribution in [1.29, 1.82) is 0 Å². The first-order valence-corrected chi connectivity index (χ1v) is 8.40. The summed E-state index contributed by atoms with van der Waals surface area (Å²) in [6.45, 7) is 6.51. The molecule has 1 aromatic rings. The van der Waals surface area contributed by atoms with Crippen LogP contribution in [0, 0.1) is 0 Å². The molecule has 3 rings (SSSR count). The number of hydrogen-bond donors (Lipinski definition) is 2.